The maximum Gasteiger partial charge on any atom is 0.306 e. The summed E-state index contributed by atoms with van der Waals surface area (Å²) in [5.41, 5.74) is -0.0523. The van der Waals surface area contributed by atoms with E-state index in [1.165, 1.54) is 24.0 Å². The van der Waals surface area contributed by atoms with Crippen LogP contribution in [0.4, 0.5) is 5.69 Å². The average Bonchev–Trinajstić information content (AvgIpc) is 2.48. The van der Waals surface area contributed by atoms with Gasteiger partial charge in [0.05, 0.1) is 4.92 Å². The number of hydrogen-bond acceptors (Lipinski definition) is 4. The molecule has 70 valence electrons. The Morgan fingerprint density at radius 3 is 2.92 bits per heavy atom. The smallest absolute Gasteiger partial charge is 0.300 e. The number of aryl methyl sites for hydroxylation is 1. The highest BCUT2D eigenvalue weighted by atomic mass is 16.6. The van der Waals surface area contributed by atoms with Crippen molar-refractivity contribution in [1.29, 1.82) is 0 Å². The summed E-state index contributed by atoms with van der Waals surface area (Å²) in [6, 6.07) is 0. The van der Waals surface area contributed by atoms with Gasteiger partial charge in [0.25, 0.3) is 0 Å². The second-order valence-electron chi connectivity index (χ2n) is 2.67. The Labute approximate surface area is 74.3 Å². The summed E-state index contributed by atoms with van der Waals surface area (Å²) >= 11 is 0. The van der Waals surface area contributed by atoms with Crippen molar-refractivity contribution in [2.45, 2.75) is 19.9 Å². The minimum Gasteiger partial charge on any atom is -0.300 e. The van der Waals surface area contributed by atoms with Crippen LogP contribution in [0.3, 0.4) is 0 Å². The fraction of sp³-hybridized carbons (Fsp3) is 0.429. The van der Waals surface area contributed by atoms with Gasteiger partial charge in [-0.2, -0.15) is 5.10 Å². The summed E-state index contributed by atoms with van der Waals surface area (Å²) in [6.07, 6.45) is 2.82. The first kappa shape index (κ1) is 9.37. The Balaban J connectivity index is 2.59. The maximum absolute atomic E-state index is 10.6. The summed E-state index contributed by atoms with van der Waals surface area (Å²) in [7, 11) is 0. The molecule has 0 aromatic carbocycles. The van der Waals surface area contributed by atoms with Crippen molar-refractivity contribution >= 4 is 11.5 Å². The third-order valence-electron chi connectivity index (χ3n) is 1.52. The standard InChI is InChI=1S/C7H9N3O3/c1-6(11)2-3-9-5-7(4-8-9)10(12)13/h4-5H,2-3H2,1H3. The van der Waals surface area contributed by atoms with Crippen molar-refractivity contribution in [1.82, 2.24) is 9.78 Å². The third-order valence-corrected chi connectivity index (χ3v) is 1.52. The Bertz CT molecular complexity index is 331. The van der Waals surface area contributed by atoms with Crippen LogP contribution >= 0.6 is 0 Å². The molecule has 1 aromatic heterocycles. The monoisotopic (exact) mass is 183 g/mol. The number of carbonyl (C=O) groups is 1. The lowest BCUT2D eigenvalue weighted by Crippen LogP contribution is -2.02. The first-order valence-corrected chi connectivity index (χ1v) is 3.76. The molecule has 0 atom stereocenters. The molecule has 1 aromatic rings. The zero-order chi connectivity index (χ0) is 9.84. The highest BCUT2D eigenvalue weighted by Gasteiger charge is 2.08. The topological polar surface area (TPSA) is 78.0 Å². The molecule has 0 N–H and O–H groups in total. The number of nitrogens with zero attached hydrogens (tertiary/aromatic N) is 3. The Morgan fingerprint density at radius 2 is 2.46 bits per heavy atom. The van der Waals surface area contributed by atoms with Gasteiger partial charge < -0.3 is 0 Å². The zero-order valence-corrected chi connectivity index (χ0v) is 7.14. The van der Waals surface area contributed by atoms with E-state index in [1.54, 1.807) is 0 Å². The quantitative estimate of drug-likeness (QED) is 0.510. The van der Waals surface area contributed by atoms with Crippen LogP contribution in [0.5, 0.6) is 0 Å². The van der Waals surface area contributed by atoms with E-state index in [1.807, 2.05) is 0 Å². The number of rotatable bonds is 4. The van der Waals surface area contributed by atoms with E-state index >= 15 is 0 Å². The molecular formula is C7H9N3O3. The highest BCUT2D eigenvalue weighted by Crippen LogP contribution is 2.07. The van der Waals surface area contributed by atoms with Gasteiger partial charge in [-0.05, 0) is 6.92 Å². The van der Waals surface area contributed by atoms with E-state index in [4.69, 9.17) is 0 Å². The van der Waals surface area contributed by atoms with Gasteiger partial charge in [0.2, 0.25) is 0 Å². The lowest BCUT2D eigenvalue weighted by atomic mass is 10.3. The molecule has 13 heavy (non-hydrogen) atoms. The molecule has 0 aliphatic heterocycles. The molecule has 1 heterocycles. The molecule has 0 unspecified atom stereocenters. The summed E-state index contributed by atoms with van der Waals surface area (Å²) in [5, 5.41) is 14.0. The molecule has 1 rings (SSSR count). The maximum atomic E-state index is 10.6. The van der Waals surface area contributed by atoms with Gasteiger partial charge in [-0.1, -0.05) is 0 Å². The van der Waals surface area contributed by atoms with Crippen LogP contribution in [-0.2, 0) is 11.3 Å². The minimum atomic E-state index is -0.517. The predicted octanol–water partition coefficient (Wildman–Crippen LogP) is 0.770. The molecule has 0 spiro atoms. The van der Waals surface area contributed by atoms with E-state index in [0.29, 0.717) is 13.0 Å². The molecule has 0 saturated heterocycles. The third kappa shape index (κ3) is 2.66. The largest absolute Gasteiger partial charge is 0.306 e. The second-order valence-corrected chi connectivity index (χ2v) is 2.67. The SMILES string of the molecule is CC(=O)CCn1cc([N+](=O)[O-])cn1. The predicted molar refractivity (Wildman–Crippen MR) is 44.2 cm³/mol. The number of Topliss-reactive ketones (excluding diaryl/α,β-unsaturated/α-hetero) is 1. The van der Waals surface area contributed by atoms with Crippen LogP contribution in [-0.4, -0.2) is 20.5 Å². The second kappa shape index (κ2) is 3.79. The summed E-state index contributed by atoms with van der Waals surface area (Å²) < 4.78 is 1.39. The van der Waals surface area contributed by atoms with Gasteiger partial charge in [-0.25, -0.2) is 0 Å². The van der Waals surface area contributed by atoms with E-state index in [2.05, 4.69) is 5.10 Å². The van der Waals surface area contributed by atoms with Crippen molar-refractivity contribution in [2.75, 3.05) is 0 Å². The van der Waals surface area contributed by atoms with Crippen LogP contribution < -0.4 is 0 Å². The number of nitro groups is 1. The van der Waals surface area contributed by atoms with E-state index < -0.39 is 4.92 Å². The summed E-state index contributed by atoms with van der Waals surface area (Å²) in [4.78, 5) is 20.3. The number of ketones is 1. The van der Waals surface area contributed by atoms with Gasteiger partial charge in [0.1, 0.15) is 18.2 Å². The van der Waals surface area contributed by atoms with Crippen molar-refractivity contribution in [3.63, 3.8) is 0 Å². The van der Waals surface area contributed by atoms with Gasteiger partial charge in [-0.3, -0.25) is 19.6 Å². The van der Waals surface area contributed by atoms with Crippen LogP contribution in [0, 0.1) is 10.1 Å². The molecule has 0 radical (unpaired) electrons. The molecule has 0 amide bonds. The van der Waals surface area contributed by atoms with Crippen molar-refractivity contribution in [2.24, 2.45) is 0 Å². The minimum absolute atomic E-state index is 0.0400. The zero-order valence-electron chi connectivity index (χ0n) is 7.14. The molecule has 0 aliphatic carbocycles. The van der Waals surface area contributed by atoms with Crippen molar-refractivity contribution < 1.29 is 9.72 Å². The van der Waals surface area contributed by atoms with Crippen LogP contribution in [0.2, 0.25) is 0 Å². The molecule has 0 saturated carbocycles. The molecule has 0 fully saturated rings. The van der Waals surface area contributed by atoms with Gasteiger partial charge >= 0.3 is 5.69 Å². The van der Waals surface area contributed by atoms with Crippen LogP contribution in [0.1, 0.15) is 13.3 Å². The molecular weight excluding hydrogens is 174 g/mol. The first-order chi connectivity index (χ1) is 6.09. The average molecular weight is 183 g/mol. The Hall–Kier alpha value is -1.72. The number of aromatic nitrogens is 2. The van der Waals surface area contributed by atoms with Gasteiger partial charge in [0.15, 0.2) is 0 Å². The van der Waals surface area contributed by atoms with E-state index in [0.717, 1.165) is 0 Å². The van der Waals surface area contributed by atoms with Crippen molar-refractivity contribution in [3.05, 3.63) is 22.5 Å². The fourth-order valence-corrected chi connectivity index (χ4v) is 0.841. The van der Waals surface area contributed by atoms with Gasteiger partial charge in [0, 0.05) is 13.0 Å². The molecule has 0 bridgehead atoms. The van der Waals surface area contributed by atoms with Crippen LogP contribution in [0.25, 0.3) is 0 Å². The Kier molecular flexibility index (Phi) is 2.73. The molecule has 6 nitrogen and oxygen atoms in total. The lowest BCUT2D eigenvalue weighted by Gasteiger charge is -1.95. The summed E-state index contributed by atoms with van der Waals surface area (Å²) in [5.74, 6) is 0.0400. The molecule has 6 heteroatoms. The highest BCUT2D eigenvalue weighted by molar-refractivity contribution is 5.75. The lowest BCUT2D eigenvalue weighted by molar-refractivity contribution is -0.385. The number of carbonyl (C=O) groups excluding carboxylic acids is 1. The van der Waals surface area contributed by atoms with Crippen LogP contribution in [0.15, 0.2) is 12.4 Å². The Morgan fingerprint density at radius 1 is 1.77 bits per heavy atom. The van der Waals surface area contributed by atoms with E-state index in [9.17, 15) is 14.9 Å². The van der Waals surface area contributed by atoms with Gasteiger partial charge in [-0.15, -0.1) is 0 Å². The summed E-state index contributed by atoms with van der Waals surface area (Å²) in [6.45, 7) is 1.86. The first-order valence-electron chi connectivity index (χ1n) is 3.76. The molecule has 0 aliphatic rings. The number of hydrogen-bond donors (Lipinski definition) is 0. The van der Waals surface area contributed by atoms with Crippen molar-refractivity contribution in [3.8, 4) is 0 Å². The fourth-order valence-electron chi connectivity index (χ4n) is 0.841. The normalized spacial score (nSPS) is 9.92. The van der Waals surface area contributed by atoms with E-state index in [-0.39, 0.29) is 11.5 Å².